The van der Waals surface area contributed by atoms with Gasteiger partial charge in [0, 0.05) is 6.42 Å². The third-order valence-corrected chi connectivity index (χ3v) is 2.96. The standard InChI is InChI=1S/C11H20O3/c1-9-8-11(13-7-6-12-9)14-10-4-2-3-5-10/h9-11H,2-8H2,1H3/t9-,11-/m0/s1. The van der Waals surface area contributed by atoms with E-state index in [4.69, 9.17) is 14.2 Å². The summed E-state index contributed by atoms with van der Waals surface area (Å²) in [7, 11) is 0. The molecule has 0 aromatic carbocycles. The Morgan fingerprint density at radius 2 is 1.79 bits per heavy atom. The Labute approximate surface area is 85.7 Å². The molecule has 0 aromatic rings. The van der Waals surface area contributed by atoms with E-state index in [1.165, 1.54) is 25.7 Å². The van der Waals surface area contributed by atoms with Gasteiger partial charge in [-0.2, -0.15) is 0 Å². The summed E-state index contributed by atoms with van der Waals surface area (Å²) in [4.78, 5) is 0. The van der Waals surface area contributed by atoms with Crippen molar-refractivity contribution in [1.82, 2.24) is 0 Å². The molecule has 0 N–H and O–H groups in total. The molecule has 82 valence electrons. The fraction of sp³-hybridized carbons (Fsp3) is 1.00. The van der Waals surface area contributed by atoms with Crippen molar-refractivity contribution in [1.29, 1.82) is 0 Å². The molecule has 0 amide bonds. The Balaban J connectivity index is 1.77. The molecular weight excluding hydrogens is 180 g/mol. The second-order valence-corrected chi connectivity index (χ2v) is 4.26. The lowest BCUT2D eigenvalue weighted by atomic mass is 10.2. The normalized spacial score (nSPS) is 35.8. The lowest BCUT2D eigenvalue weighted by molar-refractivity contribution is -0.166. The number of hydrogen-bond acceptors (Lipinski definition) is 3. The van der Waals surface area contributed by atoms with Crippen LogP contribution in [0.3, 0.4) is 0 Å². The summed E-state index contributed by atoms with van der Waals surface area (Å²) in [5, 5.41) is 0. The van der Waals surface area contributed by atoms with Crippen molar-refractivity contribution in [2.45, 2.75) is 57.5 Å². The molecule has 1 aliphatic carbocycles. The van der Waals surface area contributed by atoms with Gasteiger partial charge >= 0.3 is 0 Å². The molecule has 2 rings (SSSR count). The van der Waals surface area contributed by atoms with E-state index in [-0.39, 0.29) is 12.4 Å². The zero-order valence-corrected chi connectivity index (χ0v) is 8.91. The minimum absolute atomic E-state index is 0.0319. The summed E-state index contributed by atoms with van der Waals surface area (Å²) >= 11 is 0. The molecule has 2 fully saturated rings. The summed E-state index contributed by atoms with van der Waals surface area (Å²) in [6, 6.07) is 0. The van der Waals surface area contributed by atoms with Gasteiger partial charge < -0.3 is 14.2 Å². The predicted molar refractivity (Wildman–Crippen MR) is 53.1 cm³/mol. The van der Waals surface area contributed by atoms with Crippen molar-refractivity contribution in [3.05, 3.63) is 0 Å². The highest BCUT2D eigenvalue weighted by Crippen LogP contribution is 2.24. The molecule has 2 aliphatic rings. The Kier molecular flexibility index (Phi) is 3.79. The van der Waals surface area contributed by atoms with Gasteiger partial charge in [-0.15, -0.1) is 0 Å². The fourth-order valence-corrected chi connectivity index (χ4v) is 2.17. The number of rotatable bonds is 2. The molecule has 1 heterocycles. The van der Waals surface area contributed by atoms with Crippen LogP contribution in [0.15, 0.2) is 0 Å². The van der Waals surface area contributed by atoms with E-state index in [0.717, 1.165) is 6.42 Å². The van der Waals surface area contributed by atoms with Gasteiger partial charge in [0.1, 0.15) is 0 Å². The molecule has 0 aromatic heterocycles. The van der Waals surface area contributed by atoms with Crippen LogP contribution in [0.5, 0.6) is 0 Å². The molecule has 0 spiro atoms. The zero-order chi connectivity index (χ0) is 9.80. The van der Waals surface area contributed by atoms with Gasteiger partial charge in [0.05, 0.1) is 25.4 Å². The monoisotopic (exact) mass is 200 g/mol. The highest BCUT2D eigenvalue weighted by Gasteiger charge is 2.24. The van der Waals surface area contributed by atoms with Crippen LogP contribution in [-0.4, -0.2) is 31.7 Å². The maximum absolute atomic E-state index is 5.90. The Hall–Kier alpha value is -0.120. The summed E-state index contributed by atoms with van der Waals surface area (Å²) in [5.41, 5.74) is 0. The first-order chi connectivity index (χ1) is 6.84. The van der Waals surface area contributed by atoms with E-state index in [2.05, 4.69) is 6.92 Å². The van der Waals surface area contributed by atoms with Crippen LogP contribution in [0.4, 0.5) is 0 Å². The highest BCUT2D eigenvalue weighted by molar-refractivity contribution is 4.69. The molecule has 3 nitrogen and oxygen atoms in total. The SMILES string of the molecule is C[C@H]1C[C@H](OC2CCCC2)OCCO1. The molecule has 2 atom stereocenters. The smallest absolute Gasteiger partial charge is 0.160 e. The Bertz CT molecular complexity index is 166. The summed E-state index contributed by atoms with van der Waals surface area (Å²) in [6.07, 6.45) is 6.57. The van der Waals surface area contributed by atoms with Gasteiger partial charge in [-0.3, -0.25) is 0 Å². The predicted octanol–water partition coefficient (Wildman–Crippen LogP) is 2.10. The van der Waals surface area contributed by atoms with E-state index >= 15 is 0 Å². The number of ether oxygens (including phenoxy) is 3. The van der Waals surface area contributed by atoms with Crippen molar-refractivity contribution < 1.29 is 14.2 Å². The second-order valence-electron chi connectivity index (χ2n) is 4.26. The van der Waals surface area contributed by atoms with Gasteiger partial charge in [0.2, 0.25) is 0 Å². The van der Waals surface area contributed by atoms with Crippen molar-refractivity contribution >= 4 is 0 Å². The van der Waals surface area contributed by atoms with Crippen LogP contribution in [0.1, 0.15) is 39.0 Å². The summed E-state index contributed by atoms with van der Waals surface area (Å²) in [5.74, 6) is 0. The van der Waals surface area contributed by atoms with Gasteiger partial charge in [0.25, 0.3) is 0 Å². The topological polar surface area (TPSA) is 27.7 Å². The zero-order valence-electron chi connectivity index (χ0n) is 8.91. The van der Waals surface area contributed by atoms with E-state index in [1.54, 1.807) is 0 Å². The molecule has 0 unspecified atom stereocenters. The lowest BCUT2D eigenvalue weighted by Gasteiger charge is -2.21. The van der Waals surface area contributed by atoms with E-state index in [9.17, 15) is 0 Å². The first-order valence-electron chi connectivity index (χ1n) is 5.73. The van der Waals surface area contributed by atoms with Crippen molar-refractivity contribution in [3.63, 3.8) is 0 Å². The molecule has 1 saturated heterocycles. The largest absolute Gasteiger partial charge is 0.376 e. The van der Waals surface area contributed by atoms with Crippen LogP contribution in [-0.2, 0) is 14.2 Å². The molecule has 3 heteroatoms. The molecule has 1 saturated carbocycles. The van der Waals surface area contributed by atoms with E-state index in [0.29, 0.717) is 19.3 Å². The third kappa shape index (κ3) is 2.94. The average molecular weight is 200 g/mol. The maximum atomic E-state index is 5.90. The minimum Gasteiger partial charge on any atom is -0.376 e. The van der Waals surface area contributed by atoms with E-state index < -0.39 is 0 Å². The summed E-state index contributed by atoms with van der Waals surface area (Å²) in [6.45, 7) is 3.45. The summed E-state index contributed by atoms with van der Waals surface area (Å²) < 4.78 is 17.0. The van der Waals surface area contributed by atoms with Crippen LogP contribution in [0, 0.1) is 0 Å². The maximum Gasteiger partial charge on any atom is 0.160 e. The first kappa shape index (κ1) is 10.4. The highest BCUT2D eigenvalue weighted by atomic mass is 16.7. The van der Waals surface area contributed by atoms with Crippen molar-refractivity contribution in [2.24, 2.45) is 0 Å². The Morgan fingerprint density at radius 1 is 1.07 bits per heavy atom. The molecule has 1 aliphatic heterocycles. The molecular formula is C11H20O3. The van der Waals surface area contributed by atoms with Crippen LogP contribution in [0.2, 0.25) is 0 Å². The van der Waals surface area contributed by atoms with Crippen LogP contribution >= 0.6 is 0 Å². The second kappa shape index (κ2) is 5.10. The van der Waals surface area contributed by atoms with Crippen molar-refractivity contribution in [3.8, 4) is 0 Å². The van der Waals surface area contributed by atoms with Crippen molar-refractivity contribution in [2.75, 3.05) is 13.2 Å². The van der Waals surface area contributed by atoms with Gasteiger partial charge in [-0.05, 0) is 19.8 Å². The van der Waals surface area contributed by atoms with Gasteiger partial charge in [-0.1, -0.05) is 12.8 Å². The fourth-order valence-electron chi connectivity index (χ4n) is 2.17. The quantitative estimate of drug-likeness (QED) is 0.683. The molecule has 0 bridgehead atoms. The molecule has 14 heavy (non-hydrogen) atoms. The lowest BCUT2D eigenvalue weighted by Crippen LogP contribution is -2.25. The number of hydrogen-bond donors (Lipinski definition) is 0. The first-order valence-corrected chi connectivity index (χ1v) is 5.73. The van der Waals surface area contributed by atoms with Gasteiger partial charge in [0.15, 0.2) is 6.29 Å². The minimum atomic E-state index is -0.0319. The van der Waals surface area contributed by atoms with Gasteiger partial charge in [-0.25, -0.2) is 0 Å². The third-order valence-electron chi connectivity index (χ3n) is 2.96. The molecule has 0 radical (unpaired) electrons. The van der Waals surface area contributed by atoms with Crippen LogP contribution < -0.4 is 0 Å². The average Bonchev–Trinajstić information content (AvgIpc) is 2.56. The van der Waals surface area contributed by atoms with Crippen LogP contribution in [0.25, 0.3) is 0 Å². The Morgan fingerprint density at radius 3 is 2.57 bits per heavy atom. The van der Waals surface area contributed by atoms with E-state index in [1.807, 2.05) is 0 Å².